The fourth-order valence-electron chi connectivity index (χ4n) is 2.66. The lowest BCUT2D eigenvalue weighted by atomic mass is 10.2. The first-order valence-electron chi connectivity index (χ1n) is 8.29. The van der Waals surface area contributed by atoms with Crippen LogP contribution in [0.5, 0.6) is 0 Å². The molecule has 0 aliphatic rings. The lowest BCUT2D eigenvalue weighted by molar-refractivity contribution is 0.0601. The number of sulfonamides is 1. The van der Waals surface area contributed by atoms with Crippen LogP contribution in [-0.2, 0) is 14.8 Å². The normalized spacial score (nSPS) is 11.0. The van der Waals surface area contributed by atoms with Crippen LogP contribution in [0.25, 0.3) is 0 Å². The molecule has 3 aromatic carbocycles. The molecule has 5 nitrogen and oxygen atoms in total. The summed E-state index contributed by atoms with van der Waals surface area (Å²) in [6.07, 6.45) is 0. The molecule has 0 aromatic heterocycles. The number of nitrogens with zero attached hydrogens (tertiary/aromatic N) is 1. The molecular formula is C21H19NO4S. The largest absolute Gasteiger partial charge is 0.465 e. The van der Waals surface area contributed by atoms with E-state index >= 15 is 0 Å². The van der Waals surface area contributed by atoms with Crippen LogP contribution in [0.1, 0.15) is 15.9 Å². The second kappa shape index (κ2) is 7.63. The first kappa shape index (κ1) is 18.7. The lowest BCUT2D eigenvalue weighted by Gasteiger charge is -2.25. The minimum absolute atomic E-state index is 0.189. The molecule has 0 unspecified atom stereocenters. The minimum atomic E-state index is -3.85. The monoisotopic (exact) mass is 381 g/mol. The van der Waals surface area contributed by atoms with Crippen LogP contribution in [0.4, 0.5) is 11.4 Å². The van der Waals surface area contributed by atoms with Gasteiger partial charge in [0, 0.05) is 0 Å². The van der Waals surface area contributed by atoms with Gasteiger partial charge in [-0.05, 0) is 55.5 Å². The average Bonchev–Trinajstić information content (AvgIpc) is 2.69. The molecule has 0 N–H and O–H groups in total. The molecule has 0 atom stereocenters. The summed E-state index contributed by atoms with van der Waals surface area (Å²) in [5.74, 6) is -0.478. The van der Waals surface area contributed by atoms with Crippen molar-refractivity contribution in [3.63, 3.8) is 0 Å². The summed E-state index contributed by atoms with van der Waals surface area (Å²) in [5.41, 5.74) is 2.25. The number of para-hydroxylation sites is 1. The fraction of sp³-hybridized carbons (Fsp3) is 0.0952. The van der Waals surface area contributed by atoms with Crippen molar-refractivity contribution >= 4 is 27.4 Å². The Labute approximate surface area is 158 Å². The molecule has 0 spiro atoms. The maximum absolute atomic E-state index is 13.4. The van der Waals surface area contributed by atoms with Crippen molar-refractivity contribution in [3.05, 3.63) is 90.0 Å². The van der Waals surface area contributed by atoms with Gasteiger partial charge in [0.1, 0.15) is 0 Å². The van der Waals surface area contributed by atoms with Gasteiger partial charge in [0.25, 0.3) is 10.0 Å². The number of carbonyl (C=O) groups excluding carboxylic acids is 1. The van der Waals surface area contributed by atoms with Gasteiger partial charge in [-0.2, -0.15) is 0 Å². The number of esters is 1. The number of ether oxygens (including phenoxy) is 1. The molecule has 138 valence electrons. The number of anilines is 2. The summed E-state index contributed by atoms with van der Waals surface area (Å²) >= 11 is 0. The Morgan fingerprint density at radius 1 is 0.815 bits per heavy atom. The van der Waals surface area contributed by atoms with Gasteiger partial charge in [0.2, 0.25) is 0 Å². The van der Waals surface area contributed by atoms with E-state index < -0.39 is 16.0 Å². The molecule has 0 heterocycles. The second-order valence-corrected chi connectivity index (χ2v) is 7.74. The third-order valence-corrected chi connectivity index (χ3v) is 5.84. The molecule has 3 rings (SSSR count). The quantitative estimate of drug-likeness (QED) is 0.618. The maximum Gasteiger partial charge on any atom is 0.337 e. The van der Waals surface area contributed by atoms with E-state index in [9.17, 15) is 13.2 Å². The zero-order valence-corrected chi connectivity index (χ0v) is 15.8. The lowest BCUT2D eigenvalue weighted by Crippen LogP contribution is -2.26. The molecular weight excluding hydrogens is 362 g/mol. The summed E-state index contributed by atoms with van der Waals surface area (Å²) in [7, 11) is -2.55. The van der Waals surface area contributed by atoms with Crippen LogP contribution in [0.15, 0.2) is 83.8 Å². The molecule has 27 heavy (non-hydrogen) atoms. The number of hydrogen-bond acceptors (Lipinski definition) is 4. The molecule has 0 radical (unpaired) electrons. The van der Waals surface area contributed by atoms with E-state index in [0.29, 0.717) is 16.9 Å². The number of carbonyl (C=O) groups is 1. The van der Waals surface area contributed by atoms with E-state index in [1.54, 1.807) is 72.8 Å². The van der Waals surface area contributed by atoms with Crippen LogP contribution in [0, 0.1) is 6.92 Å². The Balaban J connectivity index is 2.12. The summed E-state index contributed by atoms with van der Waals surface area (Å²) in [5, 5.41) is 0. The first-order valence-corrected chi connectivity index (χ1v) is 9.73. The summed E-state index contributed by atoms with van der Waals surface area (Å²) in [6, 6.07) is 21.8. The molecule has 0 saturated heterocycles. The van der Waals surface area contributed by atoms with Crippen molar-refractivity contribution in [2.75, 3.05) is 11.4 Å². The number of rotatable bonds is 5. The first-order chi connectivity index (χ1) is 12.9. The van der Waals surface area contributed by atoms with Gasteiger partial charge in [-0.1, -0.05) is 35.9 Å². The van der Waals surface area contributed by atoms with Gasteiger partial charge < -0.3 is 4.74 Å². The highest BCUT2D eigenvalue weighted by Gasteiger charge is 2.26. The van der Waals surface area contributed by atoms with Crippen molar-refractivity contribution < 1.29 is 17.9 Å². The van der Waals surface area contributed by atoms with Crippen LogP contribution in [0.3, 0.4) is 0 Å². The Kier molecular flexibility index (Phi) is 5.28. The summed E-state index contributed by atoms with van der Waals surface area (Å²) in [4.78, 5) is 11.8. The summed E-state index contributed by atoms with van der Waals surface area (Å²) < 4.78 is 32.7. The van der Waals surface area contributed by atoms with Gasteiger partial charge in [0.05, 0.1) is 28.9 Å². The highest BCUT2D eigenvalue weighted by molar-refractivity contribution is 7.93. The number of methoxy groups -OCH3 is 1. The molecule has 0 fully saturated rings. The van der Waals surface area contributed by atoms with E-state index in [1.165, 1.54) is 11.4 Å². The van der Waals surface area contributed by atoms with E-state index in [2.05, 4.69) is 0 Å². The van der Waals surface area contributed by atoms with Crippen molar-refractivity contribution in [1.29, 1.82) is 0 Å². The van der Waals surface area contributed by atoms with Crippen molar-refractivity contribution in [2.45, 2.75) is 11.8 Å². The van der Waals surface area contributed by atoms with E-state index in [-0.39, 0.29) is 4.90 Å². The van der Waals surface area contributed by atoms with Crippen LogP contribution >= 0.6 is 0 Å². The van der Waals surface area contributed by atoms with E-state index in [1.807, 2.05) is 13.0 Å². The fourth-order valence-corrected chi connectivity index (χ4v) is 4.15. The van der Waals surface area contributed by atoms with Gasteiger partial charge in [-0.15, -0.1) is 0 Å². The summed E-state index contributed by atoms with van der Waals surface area (Å²) in [6.45, 7) is 1.90. The van der Waals surface area contributed by atoms with Gasteiger partial charge in [0.15, 0.2) is 0 Å². The SMILES string of the molecule is COC(=O)c1ccc(N(c2ccccc2)S(=O)(=O)c2ccc(C)cc2)cc1. The topological polar surface area (TPSA) is 63.7 Å². The van der Waals surface area contributed by atoms with Crippen molar-refractivity contribution in [1.82, 2.24) is 0 Å². The highest BCUT2D eigenvalue weighted by Crippen LogP contribution is 2.32. The minimum Gasteiger partial charge on any atom is -0.465 e. The maximum atomic E-state index is 13.4. The van der Waals surface area contributed by atoms with Crippen LogP contribution < -0.4 is 4.31 Å². The second-order valence-electron chi connectivity index (χ2n) is 5.96. The average molecular weight is 381 g/mol. The number of hydrogen-bond donors (Lipinski definition) is 0. The smallest absolute Gasteiger partial charge is 0.337 e. The Morgan fingerprint density at radius 3 is 1.93 bits per heavy atom. The molecule has 3 aromatic rings. The Hall–Kier alpha value is -3.12. The van der Waals surface area contributed by atoms with Gasteiger partial charge >= 0.3 is 5.97 Å². The van der Waals surface area contributed by atoms with Gasteiger partial charge in [-0.3, -0.25) is 0 Å². The molecule has 0 aliphatic heterocycles. The zero-order valence-electron chi connectivity index (χ0n) is 15.0. The zero-order chi connectivity index (χ0) is 19.4. The van der Waals surface area contributed by atoms with E-state index in [0.717, 1.165) is 5.56 Å². The van der Waals surface area contributed by atoms with Crippen molar-refractivity contribution in [3.8, 4) is 0 Å². The number of benzene rings is 3. The van der Waals surface area contributed by atoms with Crippen LogP contribution in [0.2, 0.25) is 0 Å². The predicted molar refractivity (Wildman–Crippen MR) is 105 cm³/mol. The van der Waals surface area contributed by atoms with Crippen molar-refractivity contribution in [2.24, 2.45) is 0 Å². The van der Waals surface area contributed by atoms with Crippen LogP contribution in [-0.4, -0.2) is 21.5 Å². The van der Waals surface area contributed by atoms with Gasteiger partial charge in [-0.25, -0.2) is 17.5 Å². The van der Waals surface area contributed by atoms with E-state index in [4.69, 9.17) is 4.74 Å². The number of aryl methyl sites for hydroxylation is 1. The molecule has 0 amide bonds. The molecule has 0 saturated carbocycles. The standard InChI is InChI=1S/C21H19NO4S/c1-16-8-14-20(15-9-16)27(24,25)22(18-6-4-3-5-7-18)19-12-10-17(11-13-19)21(23)26-2/h3-15H,1-2H3. The molecule has 6 heteroatoms. The predicted octanol–water partition coefficient (Wildman–Crippen LogP) is 4.31. The third-order valence-electron chi connectivity index (χ3n) is 4.07. The molecule has 0 aliphatic carbocycles. The Morgan fingerprint density at radius 2 is 1.37 bits per heavy atom. The third kappa shape index (κ3) is 3.85. The Bertz CT molecular complexity index is 1030. The highest BCUT2D eigenvalue weighted by atomic mass is 32.2. The molecule has 0 bridgehead atoms.